The van der Waals surface area contributed by atoms with E-state index in [1.807, 2.05) is 0 Å². The van der Waals surface area contributed by atoms with Crippen molar-refractivity contribution in [2.45, 2.75) is 57.7 Å². The molecule has 1 fully saturated rings. The van der Waals surface area contributed by atoms with Crippen molar-refractivity contribution in [3.8, 4) is 0 Å². The number of likely N-dealkylation sites (tertiary alicyclic amines) is 1. The first-order chi connectivity index (χ1) is 16.0. The summed E-state index contributed by atoms with van der Waals surface area (Å²) in [4.78, 5) is 13.7. The maximum absolute atomic E-state index is 13.6. The van der Waals surface area contributed by atoms with Crippen molar-refractivity contribution in [2.24, 2.45) is 11.1 Å². The molecule has 0 radical (unpaired) electrons. The first-order valence-corrected chi connectivity index (χ1v) is 11.9. The molecule has 0 saturated carbocycles. The standard InChI is InChI=1S/C22H29F3N4O4S/c1-20(13-31,19(26)32)12-29-10-14(8-27-29)9-28-5-3-21(4-6-28)17-15(2-7-33-21)16(11-30)18(34-17)22(23,24)25/h8,10,30-31H,2-7,9,11-13H2,1H3,(H2,26,32). The molecule has 2 aliphatic rings. The van der Waals surface area contributed by atoms with Crippen LogP contribution in [0.5, 0.6) is 0 Å². The van der Waals surface area contributed by atoms with Crippen LogP contribution in [0.25, 0.3) is 0 Å². The molecule has 2 aromatic rings. The van der Waals surface area contributed by atoms with Gasteiger partial charge < -0.3 is 20.7 Å². The van der Waals surface area contributed by atoms with Crippen LogP contribution in [0.2, 0.25) is 0 Å². The second kappa shape index (κ2) is 9.23. The van der Waals surface area contributed by atoms with Crippen LogP contribution in [0.4, 0.5) is 13.2 Å². The van der Waals surface area contributed by atoms with Gasteiger partial charge in [0.25, 0.3) is 0 Å². The summed E-state index contributed by atoms with van der Waals surface area (Å²) >= 11 is 0.717. The van der Waals surface area contributed by atoms with E-state index in [0.29, 0.717) is 55.9 Å². The van der Waals surface area contributed by atoms with E-state index < -0.39 is 34.6 Å². The molecule has 2 aromatic heterocycles. The maximum atomic E-state index is 13.6. The largest absolute Gasteiger partial charge is 0.425 e. The van der Waals surface area contributed by atoms with E-state index in [9.17, 15) is 28.2 Å². The third-order valence-corrected chi connectivity index (χ3v) is 8.39. The topological polar surface area (TPSA) is 114 Å². The van der Waals surface area contributed by atoms with Crippen LogP contribution < -0.4 is 5.73 Å². The Hall–Kier alpha value is -1.99. The van der Waals surface area contributed by atoms with Crippen molar-refractivity contribution < 1.29 is 32.9 Å². The van der Waals surface area contributed by atoms with Gasteiger partial charge in [-0.2, -0.15) is 18.3 Å². The number of alkyl halides is 3. The van der Waals surface area contributed by atoms with Crippen molar-refractivity contribution in [3.05, 3.63) is 38.8 Å². The Labute approximate surface area is 199 Å². The Bertz CT molecular complexity index is 1050. The third kappa shape index (κ3) is 4.61. The summed E-state index contributed by atoms with van der Waals surface area (Å²) in [6.07, 6.45) is 0.491. The van der Waals surface area contributed by atoms with Gasteiger partial charge in [-0.1, -0.05) is 0 Å². The minimum atomic E-state index is -4.50. The summed E-state index contributed by atoms with van der Waals surface area (Å²) in [5, 5.41) is 23.4. The Morgan fingerprint density at radius 1 is 1.32 bits per heavy atom. The van der Waals surface area contributed by atoms with E-state index >= 15 is 0 Å². The van der Waals surface area contributed by atoms with Gasteiger partial charge in [0.1, 0.15) is 10.5 Å². The maximum Gasteiger partial charge on any atom is 0.425 e. The van der Waals surface area contributed by atoms with Gasteiger partial charge in [-0.05, 0) is 31.7 Å². The number of nitrogens with zero attached hydrogens (tertiary/aromatic N) is 3. The quantitative estimate of drug-likeness (QED) is 0.534. The minimum absolute atomic E-state index is 0.00383. The summed E-state index contributed by atoms with van der Waals surface area (Å²) in [6.45, 7) is 2.92. The molecule has 1 saturated heterocycles. The van der Waals surface area contributed by atoms with Gasteiger partial charge in [0.15, 0.2) is 0 Å². The summed E-state index contributed by atoms with van der Waals surface area (Å²) in [5.74, 6) is -0.605. The highest BCUT2D eigenvalue weighted by Crippen LogP contribution is 2.50. The minimum Gasteiger partial charge on any atom is -0.395 e. The predicted molar refractivity (Wildman–Crippen MR) is 118 cm³/mol. The van der Waals surface area contributed by atoms with Crippen molar-refractivity contribution >= 4 is 17.2 Å². The Kier molecular flexibility index (Phi) is 6.82. The van der Waals surface area contributed by atoms with Gasteiger partial charge >= 0.3 is 6.18 Å². The molecule has 8 nitrogen and oxygen atoms in total. The fourth-order valence-electron chi connectivity index (χ4n) is 4.78. The number of halogens is 3. The van der Waals surface area contributed by atoms with Gasteiger partial charge in [0.2, 0.25) is 5.91 Å². The summed E-state index contributed by atoms with van der Waals surface area (Å²) < 4.78 is 48.4. The van der Waals surface area contributed by atoms with Crippen molar-refractivity contribution in [3.63, 3.8) is 0 Å². The molecule has 0 aromatic carbocycles. The number of aromatic nitrogens is 2. The van der Waals surface area contributed by atoms with Gasteiger partial charge in [0.05, 0.1) is 38.0 Å². The molecule has 1 amide bonds. The SMILES string of the molecule is CC(CO)(Cn1cc(CN2CCC3(CC2)OCCc2c3sc(C(F)(F)F)c2CO)cn1)C(N)=O. The average Bonchev–Trinajstić information content (AvgIpc) is 3.40. The van der Waals surface area contributed by atoms with E-state index in [1.165, 1.54) is 0 Å². The zero-order chi connectivity index (χ0) is 24.7. The highest BCUT2D eigenvalue weighted by atomic mass is 32.1. The lowest BCUT2D eigenvalue weighted by Gasteiger charge is -2.43. The summed E-state index contributed by atoms with van der Waals surface area (Å²) in [7, 11) is 0. The fourth-order valence-corrected chi connectivity index (χ4v) is 6.21. The van der Waals surface area contributed by atoms with E-state index in [1.54, 1.807) is 24.0 Å². The fraction of sp³-hybridized carbons (Fsp3) is 0.636. The smallest absolute Gasteiger partial charge is 0.395 e. The number of amides is 1. The molecule has 1 atom stereocenters. The lowest BCUT2D eigenvalue weighted by atomic mass is 9.84. The molecule has 1 unspecified atom stereocenters. The van der Waals surface area contributed by atoms with Crippen molar-refractivity contribution in [1.82, 2.24) is 14.7 Å². The van der Waals surface area contributed by atoms with Crippen molar-refractivity contribution in [1.29, 1.82) is 0 Å². The van der Waals surface area contributed by atoms with Crippen LogP contribution in [0, 0.1) is 5.41 Å². The van der Waals surface area contributed by atoms with Crippen LogP contribution in [0.3, 0.4) is 0 Å². The van der Waals surface area contributed by atoms with Gasteiger partial charge in [0, 0.05) is 41.8 Å². The number of piperidine rings is 1. The highest BCUT2D eigenvalue weighted by molar-refractivity contribution is 7.12. The molecule has 0 bridgehead atoms. The predicted octanol–water partition coefficient (Wildman–Crippen LogP) is 2.00. The van der Waals surface area contributed by atoms with Crippen molar-refractivity contribution in [2.75, 3.05) is 26.3 Å². The molecule has 4 heterocycles. The number of ether oxygens (including phenoxy) is 1. The van der Waals surface area contributed by atoms with Crippen LogP contribution in [-0.2, 0) is 47.4 Å². The number of aliphatic hydroxyl groups is 2. The number of primary amides is 1. The molecule has 188 valence electrons. The number of fused-ring (bicyclic) bond motifs is 2. The van der Waals surface area contributed by atoms with Crippen LogP contribution >= 0.6 is 11.3 Å². The monoisotopic (exact) mass is 502 g/mol. The molecule has 34 heavy (non-hydrogen) atoms. The van der Waals surface area contributed by atoms with Gasteiger partial charge in [-0.3, -0.25) is 14.4 Å². The van der Waals surface area contributed by atoms with Gasteiger partial charge in [-0.15, -0.1) is 11.3 Å². The number of rotatable bonds is 7. The summed E-state index contributed by atoms with van der Waals surface area (Å²) in [5.41, 5.74) is 5.05. The molecule has 0 aliphatic carbocycles. The van der Waals surface area contributed by atoms with E-state index in [-0.39, 0.29) is 18.7 Å². The number of thiophene rings is 1. The zero-order valence-corrected chi connectivity index (χ0v) is 19.7. The van der Waals surface area contributed by atoms with Crippen LogP contribution in [0.1, 0.15) is 46.2 Å². The van der Waals surface area contributed by atoms with Crippen LogP contribution in [0.15, 0.2) is 12.4 Å². The Balaban J connectivity index is 1.45. The first-order valence-electron chi connectivity index (χ1n) is 11.1. The Morgan fingerprint density at radius 2 is 2.03 bits per heavy atom. The number of hydrogen-bond acceptors (Lipinski definition) is 7. The molecular weight excluding hydrogens is 473 g/mol. The van der Waals surface area contributed by atoms with Crippen LogP contribution in [-0.4, -0.2) is 57.1 Å². The van der Waals surface area contributed by atoms with E-state index in [0.717, 1.165) is 16.9 Å². The second-order valence-electron chi connectivity index (χ2n) is 9.37. The average molecular weight is 503 g/mol. The number of carbonyl (C=O) groups is 1. The molecule has 4 rings (SSSR count). The number of aliphatic hydroxyl groups excluding tert-OH is 2. The molecule has 4 N–H and O–H groups in total. The Morgan fingerprint density at radius 3 is 2.62 bits per heavy atom. The van der Waals surface area contributed by atoms with E-state index in [4.69, 9.17) is 10.5 Å². The third-order valence-electron chi connectivity index (χ3n) is 6.89. The molecule has 12 heteroatoms. The molecular formula is C22H29F3N4O4S. The number of hydrogen-bond donors (Lipinski definition) is 3. The number of carbonyl (C=O) groups excluding carboxylic acids is 1. The molecule has 1 spiro atoms. The second-order valence-corrected chi connectivity index (χ2v) is 10.4. The van der Waals surface area contributed by atoms with Gasteiger partial charge in [-0.25, -0.2) is 0 Å². The lowest BCUT2D eigenvalue weighted by molar-refractivity contribution is -0.135. The first kappa shape index (κ1) is 25.1. The molecule has 2 aliphatic heterocycles. The highest BCUT2D eigenvalue weighted by Gasteiger charge is 2.47. The normalized spacial score (nSPS) is 20.3. The van der Waals surface area contributed by atoms with E-state index in [2.05, 4.69) is 10.00 Å². The zero-order valence-electron chi connectivity index (χ0n) is 18.9. The number of nitrogens with two attached hydrogens (primary N) is 1. The lowest BCUT2D eigenvalue weighted by Crippen LogP contribution is -2.45. The summed E-state index contributed by atoms with van der Waals surface area (Å²) in [6, 6.07) is 0.